The molecule has 18 heavy (non-hydrogen) atoms. The number of carbonyl (C=O) groups is 1. The number of hydrogen-bond acceptors (Lipinski definition) is 2. The number of hydrogen-bond donors (Lipinski definition) is 1. The molecule has 0 aliphatic rings. The molecule has 0 bridgehead atoms. The lowest BCUT2D eigenvalue weighted by Gasteiger charge is -2.08. The smallest absolute Gasteiger partial charge is 0.259 e. The Labute approximate surface area is 119 Å². The summed E-state index contributed by atoms with van der Waals surface area (Å²) in [7, 11) is 0. The molecule has 0 aliphatic carbocycles. The standard InChI is InChI=1S/C12H8Cl3NO2/c1-6-7(2-3-18-6)12(17)16-11-5-9(14)8(13)4-10(11)15/h2-5H,1H3,(H,16,17). The summed E-state index contributed by atoms with van der Waals surface area (Å²) < 4.78 is 5.06. The second-order valence-electron chi connectivity index (χ2n) is 3.59. The van der Waals surface area contributed by atoms with Gasteiger partial charge in [-0.2, -0.15) is 0 Å². The molecule has 1 amide bonds. The van der Waals surface area contributed by atoms with Gasteiger partial charge in [-0.15, -0.1) is 0 Å². The summed E-state index contributed by atoms with van der Waals surface area (Å²) in [6, 6.07) is 4.55. The molecule has 0 aliphatic heterocycles. The SMILES string of the molecule is Cc1occc1C(=O)Nc1cc(Cl)c(Cl)cc1Cl. The molecule has 1 aromatic carbocycles. The van der Waals surface area contributed by atoms with Crippen molar-refractivity contribution in [3.8, 4) is 0 Å². The van der Waals surface area contributed by atoms with E-state index in [2.05, 4.69) is 5.32 Å². The summed E-state index contributed by atoms with van der Waals surface area (Å²) in [5, 5.41) is 3.62. The van der Waals surface area contributed by atoms with Crippen molar-refractivity contribution in [3.05, 3.63) is 50.9 Å². The van der Waals surface area contributed by atoms with Gasteiger partial charge in [0.2, 0.25) is 0 Å². The van der Waals surface area contributed by atoms with E-state index in [9.17, 15) is 4.79 Å². The van der Waals surface area contributed by atoms with Crippen molar-refractivity contribution in [1.29, 1.82) is 0 Å². The van der Waals surface area contributed by atoms with Crippen LogP contribution in [-0.4, -0.2) is 5.91 Å². The Bertz CT molecular complexity index is 607. The zero-order valence-electron chi connectivity index (χ0n) is 9.26. The van der Waals surface area contributed by atoms with Crippen molar-refractivity contribution in [2.24, 2.45) is 0 Å². The average Bonchev–Trinajstić information content (AvgIpc) is 2.72. The van der Waals surface area contributed by atoms with Crippen LogP contribution in [0.4, 0.5) is 5.69 Å². The minimum Gasteiger partial charge on any atom is -0.469 e. The summed E-state index contributed by atoms with van der Waals surface area (Å²) in [5.74, 6) is 0.213. The van der Waals surface area contributed by atoms with E-state index in [0.717, 1.165) is 0 Å². The van der Waals surface area contributed by atoms with Crippen molar-refractivity contribution in [2.45, 2.75) is 6.92 Å². The van der Waals surface area contributed by atoms with Gasteiger partial charge in [-0.1, -0.05) is 34.8 Å². The number of halogens is 3. The maximum atomic E-state index is 11.9. The lowest BCUT2D eigenvalue weighted by atomic mass is 10.2. The van der Waals surface area contributed by atoms with E-state index in [1.807, 2.05) is 0 Å². The minimum absolute atomic E-state index is 0.318. The highest BCUT2D eigenvalue weighted by Gasteiger charge is 2.14. The summed E-state index contributed by atoms with van der Waals surface area (Å²) >= 11 is 17.6. The Balaban J connectivity index is 2.28. The highest BCUT2D eigenvalue weighted by atomic mass is 35.5. The number of amides is 1. The molecule has 2 rings (SSSR count). The molecule has 94 valence electrons. The predicted molar refractivity (Wildman–Crippen MR) is 72.9 cm³/mol. The Morgan fingerprint density at radius 2 is 1.83 bits per heavy atom. The van der Waals surface area contributed by atoms with Gasteiger partial charge in [-0.05, 0) is 25.1 Å². The van der Waals surface area contributed by atoms with Gasteiger partial charge >= 0.3 is 0 Å². The molecule has 0 spiro atoms. The van der Waals surface area contributed by atoms with Crippen LogP contribution in [0.25, 0.3) is 0 Å². The molecule has 1 N–H and O–H groups in total. The van der Waals surface area contributed by atoms with Crippen LogP contribution in [0.5, 0.6) is 0 Å². The Morgan fingerprint density at radius 3 is 2.44 bits per heavy atom. The lowest BCUT2D eigenvalue weighted by molar-refractivity contribution is 0.102. The first-order chi connectivity index (χ1) is 8.49. The first-order valence-electron chi connectivity index (χ1n) is 4.99. The largest absolute Gasteiger partial charge is 0.469 e. The molecule has 6 heteroatoms. The minimum atomic E-state index is -0.318. The Kier molecular flexibility index (Phi) is 3.85. The van der Waals surface area contributed by atoms with Gasteiger partial charge in [0.25, 0.3) is 5.91 Å². The molecule has 0 radical (unpaired) electrons. The maximum absolute atomic E-state index is 11.9. The quantitative estimate of drug-likeness (QED) is 0.810. The third-order valence-electron chi connectivity index (χ3n) is 2.36. The average molecular weight is 305 g/mol. The number of nitrogens with one attached hydrogen (secondary N) is 1. The van der Waals surface area contributed by atoms with Crippen LogP contribution in [-0.2, 0) is 0 Å². The van der Waals surface area contributed by atoms with Gasteiger partial charge in [0.05, 0.1) is 32.6 Å². The zero-order valence-corrected chi connectivity index (χ0v) is 11.5. The van der Waals surface area contributed by atoms with Crippen LogP contribution in [0.2, 0.25) is 15.1 Å². The van der Waals surface area contributed by atoms with Crippen LogP contribution in [0.3, 0.4) is 0 Å². The van der Waals surface area contributed by atoms with E-state index < -0.39 is 0 Å². The van der Waals surface area contributed by atoms with E-state index in [0.29, 0.717) is 32.1 Å². The van der Waals surface area contributed by atoms with E-state index in [-0.39, 0.29) is 5.91 Å². The second kappa shape index (κ2) is 5.22. The van der Waals surface area contributed by atoms with Crippen LogP contribution in [0.1, 0.15) is 16.1 Å². The number of furan rings is 1. The molecule has 2 aromatic rings. The Hall–Kier alpha value is -1.16. The molecular weight excluding hydrogens is 296 g/mol. The highest BCUT2D eigenvalue weighted by Crippen LogP contribution is 2.32. The van der Waals surface area contributed by atoms with Crippen molar-refractivity contribution in [3.63, 3.8) is 0 Å². The maximum Gasteiger partial charge on any atom is 0.259 e. The van der Waals surface area contributed by atoms with Gasteiger partial charge in [-0.3, -0.25) is 4.79 Å². The molecule has 3 nitrogen and oxygen atoms in total. The topological polar surface area (TPSA) is 42.2 Å². The number of aryl methyl sites for hydroxylation is 1. The van der Waals surface area contributed by atoms with Crippen molar-refractivity contribution >= 4 is 46.4 Å². The normalized spacial score (nSPS) is 10.4. The second-order valence-corrected chi connectivity index (χ2v) is 4.81. The number of carbonyl (C=O) groups excluding carboxylic acids is 1. The molecule has 0 fully saturated rings. The van der Waals surface area contributed by atoms with Crippen LogP contribution < -0.4 is 5.32 Å². The van der Waals surface area contributed by atoms with E-state index in [1.54, 1.807) is 13.0 Å². The first kappa shape index (κ1) is 13.3. The number of rotatable bonds is 2. The van der Waals surface area contributed by atoms with Crippen molar-refractivity contribution in [1.82, 2.24) is 0 Å². The van der Waals surface area contributed by atoms with E-state index in [4.69, 9.17) is 39.2 Å². The summed E-state index contributed by atoms with van der Waals surface area (Å²) in [6.45, 7) is 1.70. The highest BCUT2D eigenvalue weighted by molar-refractivity contribution is 6.44. The van der Waals surface area contributed by atoms with E-state index >= 15 is 0 Å². The van der Waals surface area contributed by atoms with Gasteiger partial charge in [0, 0.05) is 0 Å². The molecular formula is C12H8Cl3NO2. The Morgan fingerprint density at radius 1 is 1.17 bits per heavy atom. The third-order valence-corrected chi connectivity index (χ3v) is 3.40. The fraction of sp³-hybridized carbons (Fsp3) is 0.0833. The fourth-order valence-corrected chi connectivity index (χ4v) is 2.02. The summed E-state index contributed by atoms with van der Waals surface area (Å²) in [6.07, 6.45) is 1.45. The lowest BCUT2D eigenvalue weighted by Crippen LogP contribution is -2.12. The molecule has 0 atom stereocenters. The van der Waals surface area contributed by atoms with Gasteiger partial charge in [0.15, 0.2) is 0 Å². The monoisotopic (exact) mass is 303 g/mol. The summed E-state index contributed by atoms with van der Waals surface area (Å²) in [5.41, 5.74) is 0.841. The van der Waals surface area contributed by atoms with Crippen molar-refractivity contribution in [2.75, 3.05) is 5.32 Å². The van der Waals surface area contributed by atoms with Crippen molar-refractivity contribution < 1.29 is 9.21 Å². The van der Waals surface area contributed by atoms with Gasteiger partial charge in [-0.25, -0.2) is 0 Å². The van der Waals surface area contributed by atoms with Crippen LogP contribution in [0, 0.1) is 6.92 Å². The summed E-state index contributed by atoms with van der Waals surface area (Å²) in [4.78, 5) is 11.9. The molecule has 0 saturated heterocycles. The number of benzene rings is 1. The molecule has 1 heterocycles. The first-order valence-corrected chi connectivity index (χ1v) is 6.12. The number of anilines is 1. The molecule has 1 aromatic heterocycles. The molecule has 0 unspecified atom stereocenters. The molecule has 0 saturated carbocycles. The fourth-order valence-electron chi connectivity index (χ4n) is 1.43. The van der Waals surface area contributed by atoms with Gasteiger partial charge in [0.1, 0.15) is 5.76 Å². The predicted octanol–water partition coefficient (Wildman–Crippen LogP) is 4.80. The van der Waals surface area contributed by atoms with Gasteiger partial charge < -0.3 is 9.73 Å². The van der Waals surface area contributed by atoms with E-state index in [1.165, 1.54) is 18.4 Å². The van der Waals surface area contributed by atoms with Crippen LogP contribution in [0.15, 0.2) is 28.9 Å². The third kappa shape index (κ3) is 2.64. The van der Waals surface area contributed by atoms with Crippen LogP contribution >= 0.6 is 34.8 Å². The zero-order chi connectivity index (χ0) is 13.3.